The molecule has 0 fully saturated rings. The van der Waals surface area contributed by atoms with Crippen molar-refractivity contribution in [3.05, 3.63) is 27.4 Å². The molecule has 1 amide bonds. The number of aliphatic hydroxyl groups is 1. The van der Waals surface area contributed by atoms with Crippen LogP contribution in [0.2, 0.25) is 0 Å². The Morgan fingerprint density at radius 1 is 1.45 bits per heavy atom. The van der Waals surface area contributed by atoms with Gasteiger partial charge in [-0.2, -0.15) is 4.98 Å². The van der Waals surface area contributed by atoms with Gasteiger partial charge in [-0.1, -0.05) is 13.3 Å². The zero-order chi connectivity index (χ0) is 15.3. The van der Waals surface area contributed by atoms with E-state index in [2.05, 4.69) is 15.3 Å². The molecule has 6 nitrogen and oxygen atoms in total. The molecule has 0 saturated heterocycles. The number of nitrogens with zero attached hydrogens (tertiary/aromatic N) is 1. The second-order valence-electron chi connectivity index (χ2n) is 5.43. The van der Waals surface area contributed by atoms with Gasteiger partial charge in [-0.05, 0) is 27.2 Å². The molecule has 1 unspecified atom stereocenters. The van der Waals surface area contributed by atoms with Gasteiger partial charge < -0.3 is 15.4 Å². The minimum Gasteiger partial charge on any atom is -0.388 e. The molecular weight excluding hydrogens is 258 g/mol. The third-order valence-electron chi connectivity index (χ3n) is 3.25. The van der Waals surface area contributed by atoms with Crippen molar-refractivity contribution in [2.45, 2.75) is 52.6 Å². The molecule has 6 heteroatoms. The van der Waals surface area contributed by atoms with Gasteiger partial charge in [0, 0.05) is 23.5 Å². The number of carbonyl (C=O) groups is 1. The zero-order valence-electron chi connectivity index (χ0n) is 12.5. The number of aromatic nitrogens is 2. The van der Waals surface area contributed by atoms with E-state index in [1.807, 2.05) is 6.92 Å². The number of rotatable bonds is 6. The molecule has 0 aliphatic carbocycles. The maximum absolute atomic E-state index is 11.9. The fourth-order valence-electron chi connectivity index (χ4n) is 2.15. The number of hydrogen-bond acceptors (Lipinski definition) is 4. The van der Waals surface area contributed by atoms with Crippen LogP contribution in [0.1, 0.15) is 43.6 Å². The number of aryl methyl sites for hydroxylation is 2. The van der Waals surface area contributed by atoms with Crippen LogP contribution in [-0.2, 0) is 11.2 Å². The summed E-state index contributed by atoms with van der Waals surface area (Å²) in [5.74, 6) is -0.193. The van der Waals surface area contributed by atoms with Crippen LogP contribution >= 0.6 is 0 Å². The van der Waals surface area contributed by atoms with Crippen molar-refractivity contribution >= 4 is 5.91 Å². The number of hydrogen-bond donors (Lipinski definition) is 3. The van der Waals surface area contributed by atoms with E-state index in [1.165, 1.54) is 0 Å². The average molecular weight is 281 g/mol. The molecule has 0 bridgehead atoms. The second-order valence-corrected chi connectivity index (χ2v) is 5.43. The summed E-state index contributed by atoms with van der Waals surface area (Å²) in [6.45, 7) is 7.35. The van der Waals surface area contributed by atoms with Crippen LogP contribution in [0.4, 0.5) is 0 Å². The topological polar surface area (TPSA) is 95.1 Å². The number of aromatic amines is 1. The summed E-state index contributed by atoms with van der Waals surface area (Å²) in [5.41, 5.74) is 0.629. The zero-order valence-corrected chi connectivity index (χ0v) is 12.5. The minimum atomic E-state index is -0.891. The minimum absolute atomic E-state index is 0.143. The molecule has 0 spiro atoms. The van der Waals surface area contributed by atoms with Gasteiger partial charge in [-0.3, -0.25) is 4.79 Å². The van der Waals surface area contributed by atoms with E-state index in [0.717, 1.165) is 12.0 Å². The van der Waals surface area contributed by atoms with Crippen LogP contribution in [0.25, 0.3) is 0 Å². The Bertz CT molecular complexity index is 509. The first-order chi connectivity index (χ1) is 9.25. The average Bonchev–Trinajstić information content (AvgIpc) is 2.31. The number of amides is 1. The molecule has 1 heterocycles. The molecule has 1 atom stereocenters. The molecule has 0 saturated carbocycles. The molecule has 1 aromatic heterocycles. The highest BCUT2D eigenvalue weighted by atomic mass is 16.3. The molecule has 1 aromatic rings. The van der Waals surface area contributed by atoms with Gasteiger partial charge >= 0.3 is 5.69 Å². The third-order valence-corrected chi connectivity index (χ3v) is 3.25. The third kappa shape index (κ3) is 4.77. The van der Waals surface area contributed by atoms with Crippen molar-refractivity contribution in [3.63, 3.8) is 0 Å². The predicted octanol–water partition coefficient (Wildman–Crippen LogP) is 0.597. The van der Waals surface area contributed by atoms with Crippen molar-refractivity contribution in [3.8, 4) is 0 Å². The highest BCUT2D eigenvalue weighted by Gasteiger charge is 2.20. The Kier molecular flexibility index (Phi) is 5.44. The number of H-pyrrole nitrogens is 1. The monoisotopic (exact) mass is 281 g/mol. The normalized spacial score (nSPS) is 13.8. The van der Waals surface area contributed by atoms with Gasteiger partial charge in [0.2, 0.25) is 5.91 Å². The first-order valence-electron chi connectivity index (χ1n) is 6.80. The van der Waals surface area contributed by atoms with Crippen LogP contribution in [-0.4, -0.2) is 33.1 Å². The summed E-state index contributed by atoms with van der Waals surface area (Å²) >= 11 is 0. The SMILES string of the molecule is CCCC(C)(O)CNC(=O)Cc1c(C)nc(=O)[nH]c1C. The van der Waals surface area contributed by atoms with Gasteiger partial charge in [0.25, 0.3) is 0 Å². The van der Waals surface area contributed by atoms with Crippen molar-refractivity contribution in [1.82, 2.24) is 15.3 Å². The van der Waals surface area contributed by atoms with Crippen LogP contribution in [0.3, 0.4) is 0 Å². The molecule has 1 rings (SSSR count). The predicted molar refractivity (Wildman–Crippen MR) is 76.6 cm³/mol. The maximum Gasteiger partial charge on any atom is 0.345 e. The molecule has 0 aliphatic heterocycles. The Morgan fingerprint density at radius 3 is 2.65 bits per heavy atom. The van der Waals surface area contributed by atoms with Crippen molar-refractivity contribution < 1.29 is 9.90 Å². The standard InChI is InChI=1S/C14H23N3O3/c1-5-6-14(4,20)8-15-12(18)7-11-9(2)16-13(19)17-10(11)3/h20H,5-8H2,1-4H3,(H,15,18)(H,16,17,19). The first-order valence-corrected chi connectivity index (χ1v) is 6.80. The number of carbonyl (C=O) groups excluding carboxylic acids is 1. The lowest BCUT2D eigenvalue weighted by Gasteiger charge is -2.23. The summed E-state index contributed by atoms with van der Waals surface area (Å²) in [6.07, 6.45) is 1.63. The molecule has 20 heavy (non-hydrogen) atoms. The Labute approximate surface area is 118 Å². The highest BCUT2D eigenvalue weighted by Crippen LogP contribution is 2.11. The van der Waals surface area contributed by atoms with E-state index in [-0.39, 0.29) is 18.9 Å². The Morgan fingerprint density at radius 2 is 2.10 bits per heavy atom. The summed E-state index contributed by atoms with van der Waals surface area (Å²) in [6, 6.07) is 0. The summed E-state index contributed by atoms with van der Waals surface area (Å²) in [7, 11) is 0. The van der Waals surface area contributed by atoms with Crippen molar-refractivity contribution in [2.75, 3.05) is 6.54 Å². The van der Waals surface area contributed by atoms with E-state index in [9.17, 15) is 14.7 Å². The molecule has 0 aliphatic rings. The van der Waals surface area contributed by atoms with E-state index in [1.54, 1.807) is 20.8 Å². The van der Waals surface area contributed by atoms with Gasteiger partial charge in [0.1, 0.15) is 0 Å². The Hall–Kier alpha value is -1.69. The fourth-order valence-corrected chi connectivity index (χ4v) is 2.15. The quantitative estimate of drug-likeness (QED) is 0.711. The summed E-state index contributed by atoms with van der Waals surface area (Å²) < 4.78 is 0. The van der Waals surface area contributed by atoms with Crippen LogP contribution in [0, 0.1) is 13.8 Å². The fraction of sp³-hybridized carbons (Fsp3) is 0.643. The lowest BCUT2D eigenvalue weighted by atomic mass is 10.0. The molecule has 0 aromatic carbocycles. The maximum atomic E-state index is 11.9. The summed E-state index contributed by atoms with van der Waals surface area (Å²) in [5, 5.41) is 12.7. The van der Waals surface area contributed by atoms with Gasteiger partial charge in [0.05, 0.1) is 12.0 Å². The highest BCUT2D eigenvalue weighted by molar-refractivity contribution is 5.79. The smallest absolute Gasteiger partial charge is 0.345 e. The first kappa shape index (κ1) is 16.4. The second kappa shape index (κ2) is 6.65. The molecule has 112 valence electrons. The van der Waals surface area contributed by atoms with Crippen LogP contribution in [0.5, 0.6) is 0 Å². The summed E-state index contributed by atoms with van der Waals surface area (Å²) in [4.78, 5) is 29.5. The van der Waals surface area contributed by atoms with Gasteiger partial charge in [-0.15, -0.1) is 0 Å². The van der Waals surface area contributed by atoms with Crippen molar-refractivity contribution in [1.29, 1.82) is 0 Å². The Balaban J connectivity index is 2.66. The van der Waals surface area contributed by atoms with Gasteiger partial charge in [0.15, 0.2) is 0 Å². The number of nitrogens with one attached hydrogen (secondary N) is 2. The van der Waals surface area contributed by atoms with Crippen LogP contribution in [0.15, 0.2) is 4.79 Å². The lowest BCUT2D eigenvalue weighted by Crippen LogP contribution is -2.41. The van der Waals surface area contributed by atoms with Gasteiger partial charge in [-0.25, -0.2) is 4.79 Å². The van der Waals surface area contributed by atoms with E-state index < -0.39 is 11.3 Å². The largest absolute Gasteiger partial charge is 0.388 e. The van der Waals surface area contributed by atoms with E-state index in [4.69, 9.17) is 0 Å². The molecular formula is C14H23N3O3. The van der Waals surface area contributed by atoms with E-state index >= 15 is 0 Å². The molecule has 0 radical (unpaired) electrons. The van der Waals surface area contributed by atoms with Crippen LogP contribution < -0.4 is 11.0 Å². The van der Waals surface area contributed by atoms with E-state index in [0.29, 0.717) is 17.8 Å². The lowest BCUT2D eigenvalue weighted by molar-refractivity contribution is -0.121. The van der Waals surface area contributed by atoms with Crippen molar-refractivity contribution in [2.24, 2.45) is 0 Å². The molecule has 3 N–H and O–H groups in total.